The van der Waals surface area contributed by atoms with Crippen LogP contribution in [0, 0.1) is 12.7 Å². The average Bonchev–Trinajstić information content (AvgIpc) is 3.32. The fraction of sp³-hybridized carbons (Fsp3) is 0.0833. The Hall–Kier alpha value is -3.62. The third-order valence-electron chi connectivity index (χ3n) is 5.43. The average molecular weight is 480 g/mol. The van der Waals surface area contributed by atoms with Gasteiger partial charge >= 0.3 is 5.91 Å². The zero-order valence-electron chi connectivity index (χ0n) is 17.1. The van der Waals surface area contributed by atoms with Crippen LogP contribution in [-0.4, -0.2) is 26.8 Å². The summed E-state index contributed by atoms with van der Waals surface area (Å²) < 4.78 is 14.2. The van der Waals surface area contributed by atoms with Crippen molar-refractivity contribution >= 4 is 55.7 Å². The fourth-order valence-corrected chi connectivity index (χ4v) is 5.02. The van der Waals surface area contributed by atoms with E-state index in [1.54, 1.807) is 24.4 Å². The Kier molecular flexibility index (Phi) is 5.19. The molecule has 2 aromatic carbocycles. The Morgan fingerprint density at radius 1 is 1.18 bits per heavy atom. The second kappa shape index (κ2) is 8.06. The number of benzene rings is 2. The molecule has 3 heterocycles. The van der Waals surface area contributed by atoms with Gasteiger partial charge in [-0.3, -0.25) is 19.5 Å². The smallest absolute Gasteiger partial charge is 0.301 e. The molecule has 1 unspecified atom stereocenters. The largest absolute Gasteiger partial charge is 0.507 e. The van der Waals surface area contributed by atoms with Gasteiger partial charge in [-0.25, -0.2) is 9.37 Å². The van der Waals surface area contributed by atoms with E-state index in [4.69, 9.17) is 11.6 Å². The highest BCUT2D eigenvalue weighted by molar-refractivity contribution is 7.22. The van der Waals surface area contributed by atoms with Gasteiger partial charge in [0, 0.05) is 23.0 Å². The van der Waals surface area contributed by atoms with Crippen molar-refractivity contribution in [1.82, 2.24) is 9.97 Å². The summed E-state index contributed by atoms with van der Waals surface area (Å²) in [7, 11) is 0. The molecule has 0 radical (unpaired) electrons. The summed E-state index contributed by atoms with van der Waals surface area (Å²) in [5, 5.41) is 11.8. The summed E-state index contributed by atoms with van der Waals surface area (Å²) >= 11 is 7.47. The molecule has 1 aliphatic heterocycles. The molecule has 1 fully saturated rings. The molecule has 6 nitrogen and oxygen atoms in total. The molecule has 2 aromatic heterocycles. The van der Waals surface area contributed by atoms with Crippen LogP contribution in [0.1, 0.15) is 22.7 Å². The lowest BCUT2D eigenvalue weighted by Gasteiger charge is -2.22. The van der Waals surface area contributed by atoms with Gasteiger partial charge in [-0.15, -0.1) is 0 Å². The van der Waals surface area contributed by atoms with Crippen LogP contribution in [0.4, 0.5) is 9.52 Å². The van der Waals surface area contributed by atoms with E-state index in [2.05, 4.69) is 9.97 Å². The van der Waals surface area contributed by atoms with Crippen LogP contribution in [0.25, 0.3) is 16.0 Å². The van der Waals surface area contributed by atoms with Gasteiger partial charge in [0.05, 0.1) is 21.8 Å². The van der Waals surface area contributed by atoms with E-state index in [1.807, 2.05) is 13.0 Å². The van der Waals surface area contributed by atoms with Crippen molar-refractivity contribution in [1.29, 1.82) is 0 Å². The lowest BCUT2D eigenvalue weighted by Crippen LogP contribution is -2.29. The number of pyridine rings is 1. The van der Waals surface area contributed by atoms with Crippen molar-refractivity contribution < 1.29 is 19.1 Å². The first kappa shape index (κ1) is 21.2. The van der Waals surface area contributed by atoms with E-state index in [1.165, 1.54) is 46.7 Å². The number of hydrogen-bond acceptors (Lipinski definition) is 6. The van der Waals surface area contributed by atoms with Gasteiger partial charge in [-0.1, -0.05) is 29.0 Å². The lowest BCUT2D eigenvalue weighted by atomic mass is 9.96. The Labute approximate surface area is 196 Å². The number of carbonyl (C=O) groups excluding carboxylic acids is 2. The first-order valence-electron chi connectivity index (χ1n) is 9.88. The third-order valence-corrected chi connectivity index (χ3v) is 6.85. The number of carbonyl (C=O) groups is 2. The summed E-state index contributed by atoms with van der Waals surface area (Å²) in [4.78, 5) is 36.3. The zero-order valence-corrected chi connectivity index (χ0v) is 18.7. The van der Waals surface area contributed by atoms with Crippen LogP contribution in [0.3, 0.4) is 0 Å². The molecular formula is C24H15ClFN3O3S. The van der Waals surface area contributed by atoms with E-state index >= 15 is 0 Å². The number of aromatic nitrogens is 2. The molecule has 0 aliphatic carbocycles. The van der Waals surface area contributed by atoms with Gasteiger partial charge in [0.15, 0.2) is 5.13 Å². The number of thiazole rings is 1. The summed E-state index contributed by atoms with van der Waals surface area (Å²) in [5.41, 5.74) is 2.08. The number of nitrogens with zero attached hydrogens (tertiary/aromatic N) is 3. The number of rotatable bonds is 3. The van der Waals surface area contributed by atoms with Crippen molar-refractivity contribution in [3.8, 4) is 0 Å². The Balaban J connectivity index is 1.72. The predicted molar refractivity (Wildman–Crippen MR) is 125 cm³/mol. The third kappa shape index (κ3) is 3.57. The number of amides is 1. The highest BCUT2D eigenvalue weighted by atomic mass is 35.5. The molecule has 33 heavy (non-hydrogen) atoms. The van der Waals surface area contributed by atoms with Crippen LogP contribution in [-0.2, 0) is 9.59 Å². The number of fused-ring (bicyclic) bond motifs is 1. The van der Waals surface area contributed by atoms with E-state index in [-0.39, 0.29) is 11.1 Å². The minimum absolute atomic E-state index is 0.118. The van der Waals surface area contributed by atoms with Crippen molar-refractivity contribution in [2.75, 3.05) is 4.90 Å². The topological polar surface area (TPSA) is 83.4 Å². The standard InChI is InChI=1S/C24H15ClFN3O3S/c1-12-9-18-17(10-16(12)25)28-24(33-18)29-20(14-3-2-8-27-11-14)19(22(31)23(29)32)21(30)13-4-6-15(26)7-5-13/h2-11,20,30H,1H3/b21-19+. The first-order chi connectivity index (χ1) is 15.8. The maximum atomic E-state index is 13.4. The van der Waals surface area contributed by atoms with Crippen molar-refractivity contribution in [2.24, 2.45) is 0 Å². The second-order valence-corrected chi connectivity index (χ2v) is 8.94. The van der Waals surface area contributed by atoms with Crippen molar-refractivity contribution in [3.05, 3.63) is 94.0 Å². The maximum absolute atomic E-state index is 13.4. The summed E-state index contributed by atoms with van der Waals surface area (Å²) in [6.45, 7) is 1.87. The molecule has 1 amide bonds. The highest BCUT2D eigenvalue weighted by Crippen LogP contribution is 2.44. The molecule has 1 saturated heterocycles. The van der Waals surface area contributed by atoms with E-state index < -0.39 is 29.3 Å². The Morgan fingerprint density at radius 3 is 2.64 bits per heavy atom. The van der Waals surface area contributed by atoms with Crippen LogP contribution >= 0.6 is 22.9 Å². The molecule has 4 aromatic rings. The molecule has 0 saturated carbocycles. The minimum Gasteiger partial charge on any atom is -0.507 e. The molecule has 1 N–H and O–H groups in total. The zero-order chi connectivity index (χ0) is 23.3. The van der Waals surface area contributed by atoms with Gasteiger partial charge in [-0.2, -0.15) is 0 Å². The molecule has 1 atom stereocenters. The van der Waals surface area contributed by atoms with Crippen LogP contribution in [0.5, 0.6) is 0 Å². The first-order valence-corrected chi connectivity index (χ1v) is 11.1. The van der Waals surface area contributed by atoms with Crippen LogP contribution in [0.2, 0.25) is 5.02 Å². The number of Topliss-reactive ketones (excluding diaryl/α,β-unsaturated/α-hetero) is 1. The summed E-state index contributed by atoms with van der Waals surface area (Å²) in [6, 6.07) is 11.0. The quantitative estimate of drug-likeness (QED) is 0.241. The molecule has 9 heteroatoms. The Bertz CT molecular complexity index is 1410. The molecule has 164 valence electrons. The van der Waals surface area contributed by atoms with Gasteiger partial charge in [0.1, 0.15) is 11.6 Å². The van der Waals surface area contributed by atoms with Gasteiger partial charge in [-0.05, 0) is 60.5 Å². The van der Waals surface area contributed by atoms with Gasteiger partial charge < -0.3 is 5.11 Å². The van der Waals surface area contributed by atoms with E-state index in [0.717, 1.165) is 10.3 Å². The fourth-order valence-electron chi connectivity index (χ4n) is 3.79. The maximum Gasteiger partial charge on any atom is 0.301 e. The van der Waals surface area contributed by atoms with Gasteiger partial charge in [0.2, 0.25) is 0 Å². The lowest BCUT2D eigenvalue weighted by molar-refractivity contribution is -0.132. The van der Waals surface area contributed by atoms with E-state index in [9.17, 15) is 19.1 Å². The monoisotopic (exact) mass is 479 g/mol. The Morgan fingerprint density at radius 2 is 1.94 bits per heavy atom. The summed E-state index contributed by atoms with van der Waals surface area (Å²) in [6.07, 6.45) is 3.09. The van der Waals surface area contributed by atoms with Crippen molar-refractivity contribution in [2.45, 2.75) is 13.0 Å². The minimum atomic E-state index is -0.958. The van der Waals surface area contributed by atoms with Crippen molar-refractivity contribution in [3.63, 3.8) is 0 Å². The molecule has 1 aliphatic rings. The highest BCUT2D eigenvalue weighted by Gasteiger charge is 2.48. The normalized spacial score (nSPS) is 17.8. The van der Waals surface area contributed by atoms with Gasteiger partial charge in [0.25, 0.3) is 5.78 Å². The molecule has 5 rings (SSSR count). The number of anilines is 1. The molecule has 0 spiro atoms. The number of hydrogen-bond donors (Lipinski definition) is 1. The molecular weight excluding hydrogens is 465 g/mol. The van der Waals surface area contributed by atoms with Crippen LogP contribution in [0.15, 0.2) is 66.5 Å². The number of aliphatic hydroxyl groups excluding tert-OH is 1. The number of halogens is 2. The number of aryl methyl sites for hydroxylation is 1. The second-order valence-electron chi connectivity index (χ2n) is 7.53. The number of aliphatic hydroxyl groups is 1. The van der Waals surface area contributed by atoms with E-state index in [0.29, 0.717) is 21.2 Å². The SMILES string of the molecule is Cc1cc2sc(N3C(=O)C(=O)/C(=C(/O)c4ccc(F)cc4)C3c3cccnc3)nc2cc1Cl. The van der Waals surface area contributed by atoms with Crippen LogP contribution < -0.4 is 4.90 Å². The predicted octanol–water partition coefficient (Wildman–Crippen LogP) is 5.42. The molecule has 0 bridgehead atoms. The number of ketones is 1. The summed E-state index contributed by atoms with van der Waals surface area (Å²) in [5.74, 6) is -2.57.